The van der Waals surface area contributed by atoms with Crippen molar-refractivity contribution < 1.29 is 14.6 Å². The normalized spacial score (nSPS) is 12.0. The summed E-state index contributed by atoms with van der Waals surface area (Å²) in [5.41, 5.74) is 1.40. The number of rotatable bonds is 3. The average molecular weight is 354 g/mol. The van der Waals surface area contributed by atoms with Gasteiger partial charge in [0, 0.05) is 11.1 Å². The topological polar surface area (TPSA) is 46.5 Å². The highest BCUT2D eigenvalue weighted by Gasteiger charge is 2.22. The van der Waals surface area contributed by atoms with E-state index in [4.69, 9.17) is 4.74 Å². The number of benzene rings is 4. The first-order valence-electron chi connectivity index (χ1n) is 8.68. The van der Waals surface area contributed by atoms with Crippen LogP contribution in [0.4, 0.5) is 0 Å². The van der Waals surface area contributed by atoms with Gasteiger partial charge in [-0.25, -0.2) is 4.79 Å². The molecule has 0 atom stereocenters. The van der Waals surface area contributed by atoms with Crippen LogP contribution >= 0.6 is 0 Å². The highest BCUT2D eigenvalue weighted by Crippen LogP contribution is 2.33. The van der Waals surface area contributed by atoms with Gasteiger partial charge in [0.25, 0.3) is 0 Å². The predicted molar refractivity (Wildman–Crippen MR) is 109 cm³/mol. The lowest BCUT2D eigenvalue weighted by atomic mass is 9.94. The zero-order valence-corrected chi connectivity index (χ0v) is 14.8. The van der Waals surface area contributed by atoms with Crippen molar-refractivity contribution in [2.75, 3.05) is 7.11 Å². The number of aliphatic hydroxyl groups excluding tert-OH is 1. The first-order chi connectivity index (χ1) is 13.2. The van der Waals surface area contributed by atoms with Gasteiger partial charge in [-0.3, -0.25) is 0 Å². The molecule has 0 heterocycles. The van der Waals surface area contributed by atoms with Crippen LogP contribution in [0.2, 0.25) is 0 Å². The molecule has 3 nitrogen and oxygen atoms in total. The van der Waals surface area contributed by atoms with Crippen LogP contribution < -0.4 is 0 Å². The first kappa shape index (κ1) is 16.9. The molecule has 0 aliphatic rings. The maximum atomic E-state index is 12.7. The number of ether oxygens (including phenoxy) is 1. The van der Waals surface area contributed by atoms with Gasteiger partial charge in [0.15, 0.2) is 0 Å². The van der Waals surface area contributed by atoms with E-state index in [2.05, 4.69) is 0 Å². The fourth-order valence-corrected chi connectivity index (χ4v) is 3.45. The van der Waals surface area contributed by atoms with Gasteiger partial charge in [-0.2, -0.15) is 0 Å². The second kappa shape index (κ2) is 6.96. The minimum atomic E-state index is -0.572. The summed E-state index contributed by atoms with van der Waals surface area (Å²) in [7, 11) is 1.32. The van der Waals surface area contributed by atoms with Gasteiger partial charge in [0.2, 0.25) is 0 Å². The van der Waals surface area contributed by atoms with E-state index in [0.717, 1.165) is 21.5 Å². The molecule has 0 aromatic heterocycles. The van der Waals surface area contributed by atoms with E-state index in [-0.39, 0.29) is 11.3 Å². The molecule has 0 aliphatic carbocycles. The standard InChI is InChI=1S/C24H18O3/c1-27-24(26)22(20-14-6-10-16-8-2-4-12-18(16)20)23(25)21-15-7-11-17-9-3-5-13-19(17)21/h2-15,25H,1H3/b23-22-. The third-order valence-electron chi connectivity index (χ3n) is 4.73. The molecule has 0 radical (unpaired) electrons. The molecular weight excluding hydrogens is 336 g/mol. The Labute approximate surface area is 157 Å². The highest BCUT2D eigenvalue weighted by atomic mass is 16.5. The van der Waals surface area contributed by atoms with Gasteiger partial charge in [-0.15, -0.1) is 0 Å². The smallest absolute Gasteiger partial charge is 0.342 e. The second-order valence-electron chi connectivity index (χ2n) is 6.27. The van der Waals surface area contributed by atoms with Crippen molar-refractivity contribution in [2.45, 2.75) is 0 Å². The molecule has 0 fully saturated rings. The zero-order valence-electron chi connectivity index (χ0n) is 14.8. The molecule has 1 N–H and O–H groups in total. The predicted octanol–water partition coefficient (Wildman–Crippen LogP) is 5.59. The summed E-state index contributed by atoms with van der Waals surface area (Å²) >= 11 is 0. The minimum Gasteiger partial charge on any atom is -0.506 e. The number of methoxy groups -OCH3 is 1. The van der Waals surface area contributed by atoms with E-state index in [1.807, 2.05) is 84.9 Å². The molecule has 0 aliphatic heterocycles. The quantitative estimate of drug-likeness (QED) is 0.226. The Bertz CT molecular complexity index is 1180. The summed E-state index contributed by atoms with van der Waals surface area (Å²) < 4.78 is 5.01. The van der Waals surface area contributed by atoms with Crippen molar-refractivity contribution in [1.29, 1.82) is 0 Å². The maximum absolute atomic E-state index is 12.7. The molecule has 4 rings (SSSR count). The second-order valence-corrected chi connectivity index (χ2v) is 6.27. The van der Waals surface area contributed by atoms with Gasteiger partial charge >= 0.3 is 5.97 Å². The summed E-state index contributed by atoms with van der Waals surface area (Å²) in [5.74, 6) is -0.660. The van der Waals surface area contributed by atoms with Crippen LogP contribution in [0.3, 0.4) is 0 Å². The fraction of sp³-hybridized carbons (Fsp3) is 0.0417. The van der Waals surface area contributed by atoms with Gasteiger partial charge in [0.05, 0.1) is 7.11 Å². The molecule has 27 heavy (non-hydrogen) atoms. The number of fused-ring (bicyclic) bond motifs is 2. The monoisotopic (exact) mass is 354 g/mol. The lowest BCUT2D eigenvalue weighted by molar-refractivity contribution is -0.133. The van der Waals surface area contributed by atoms with E-state index in [1.54, 1.807) is 0 Å². The van der Waals surface area contributed by atoms with Gasteiger partial charge in [-0.1, -0.05) is 84.9 Å². The van der Waals surface area contributed by atoms with Gasteiger partial charge in [0.1, 0.15) is 11.3 Å². The largest absolute Gasteiger partial charge is 0.506 e. The maximum Gasteiger partial charge on any atom is 0.342 e. The summed E-state index contributed by atoms with van der Waals surface area (Å²) in [4.78, 5) is 12.7. The van der Waals surface area contributed by atoms with Crippen molar-refractivity contribution in [3.63, 3.8) is 0 Å². The Kier molecular flexibility index (Phi) is 4.35. The number of hydrogen-bond donors (Lipinski definition) is 1. The Morgan fingerprint density at radius 2 is 1.19 bits per heavy atom. The Balaban J connectivity index is 2.06. The van der Waals surface area contributed by atoms with Crippen molar-refractivity contribution in [3.8, 4) is 0 Å². The Morgan fingerprint density at radius 3 is 1.78 bits per heavy atom. The van der Waals surface area contributed by atoms with Crippen LogP contribution in [0, 0.1) is 0 Å². The minimum absolute atomic E-state index is 0.0880. The van der Waals surface area contributed by atoms with Crippen molar-refractivity contribution in [3.05, 3.63) is 96.1 Å². The third kappa shape index (κ3) is 2.93. The SMILES string of the molecule is COC(=O)/C(=C(\O)c1cccc2ccccc12)c1cccc2ccccc12. The van der Waals surface area contributed by atoms with Crippen LogP contribution in [0.1, 0.15) is 11.1 Å². The lowest BCUT2D eigenvalue weighted by Crippen LogP contribution is -2.07. The fourth-order valence-electron chi connectivity index (χ4n) is 3.45. The molecule has 3 heteroatoms. The van der Waals surface area contributed by atoms with E-state index in [0.29, 0.717) is 11.1 Å². The third-order valence-corrected chi connectivity index (χ3v) is 4.73. The summed E-state index contributed by atoms with van der Waals surface area (Å²) in [6.07, 6.45) is 0. The van der Waals surface area contributed by atoms with Crippen LogP contribution in [0.15, 0.2) is 84.9 Å². The van der Waals surface area contributed by atoms with Crippen molar-refractivity contribution in [2.24, 2.45) is 0 Å². The number of carbonyl (C=O) groups excluding carboxylic acids is 1. The van der Waals surface area contributed by atoms with Gasteiger partial charge < -0.3 is 9.84 Å². The molecule has 0 saturated carbocycles. The average Bonchev–Trinajstić information content (AvgIpc) is 2.73. The van der Waals surface area contributed by atoms with Crippen LogP contribution in [-0.2, 0) is 9.53 Å². The highest BCUT2D eigenvalue weighted by molar-refractivity contribution is 6.27. The first-order valence-corrected chi connectivity index (χ1v) is 8.68. The number of esters is 1. The number of aliphatic hydroxyl groups is 1. The molecule has 0 spiro atoms. The molecule has 0 unspecified atom stereocenters. The van der Waals surface area contributed by atoms with Crippen LogP contribution in [0.25, 0.3) is 32.9 Å². The lowest BCUT2D eigenvalue weighted by Gasteiger charge is -2.14. The Hall–Kier alpha value is -3.59. The molecule has 0 bridgehead atoms. The van der Waals surface area contributed by atoms with Crippen LogP contribution in [0.5, 0.6) is 0 Å². The van der Waals surface area contributed by atoms with E-state index in [1.165, 1.54) is 7.11 Å². The van der Waals surface area contributed by atoms with E-state index < -0.39 is 5.97 Å². The molecular formula is C24H18O3. The van der Waals surface area contributed by atoms with E-state index >= 15 is 0 Å². The van der Waals surface area contributed by atoms with Crippen LogP contribution in [-0.4, -0.2) is 18.2 Å². The molecule has 0 saturated heterocycles. The summed E-state index contributed by atoms with van der Waals surface area (Å²) in [6.45, 7) is 0. The molecule has 132 valence electrons. The molecule has 4 aromatic carbocycles. The number of hydrogen-bond acceptors (Lipinski definition) is 3. The van der Waals surface area contributed by atoms with Gasteiger partial charge in [-0.05, 0) is 21.5 Å². The summed E-state index contributed by atoms with van der Waals surface area (Å²) in [5, 5.41) is 14.9. The zero-order chi connectivity index (χ0) is 18.8. The molecule has 4 aromatic rings. The summed E-state index contributed by atoms with van der Waals surface area (Å²) in [6, 6.07) is 26.9. The number of carbonyl (C=O) groups is 1. The van der Waals surface area contributed by atoms with E-state index in [9.17, 15) is 9.90 Å². The van der Waals surface area contributed by atoms with Crippen molar-refractivity contribution in [1.82, 2.24) is 0 Å². The van der Waals surface area contributed by atoms with Crippen molar-refractivity contribution >= 4 is 38.8 Å². The Morgan fingerprint density at radius 1 is 0.704 bits per heavy atom. The molecule has 0 amide bonds.